The molecule has 8 heteroatoms. The van der Waals surface area contributed by atoms with Crippen molar-refractivity contribution in [2.24, 2.45) is 5.10 Å². The zero-order valence-electron chi connectivity index (χ0n) is 10.2. The Morgan fingerprint density at radius 2 is 2.35 bits per heavy atom. The molecule has 100 valence electrons. The molecule has 0 spiro atoms. The van der Waals surface area contributed by atoms with Crippen LogP contribution in [-0.2, 0) is 0 Å². The first kappa shape index (κ1) is 12.2. The highest BCUT2D eigenvalue weighted by atomic mass is 31.1. The number of hydrogen-bond acceptors (Lipinski definition) is 4. The van der Waals surface area contributed by atoms with Crippen molar-refractivity contribution in [2.45, 2.75) is 5.66 Å². The molecule has 3 unspecified atom stereocenters. The van der Waals surface area contributed by atoms with Crippen LogP contribution in [0, 0.1) is 5.21 Å². The van der Waals surface area contributed by atoms with Gasteiger partial charge in [0.15, 0.2) is 0 Å². The van der Waals surface area contributed by atoms with Gasteiger partial charge in [-0.25, -0.2) is 4.94 Å². The summed E-state index contributed by atoms with van der Waals surface area (Å²) in [4.78, 5) is -0.0407. The van der Waals surface area contributed by atoms with E-state index < -0.39 is 0 Å². The minimum absolute atomic E-state index is 0.0407. The van der Waals surface area contributed by atoms with Crippen molar-refractivity contribution in [1.29, 1.82) is 0 Å². The van der Waals surface area contributed by atoms with E-state index in [9.17, 15) is 10.4 Å². The van der Waals surface area contributed by atoms with E-state index in [1.54, 1.807) is 0 Å². The zero-order valence-corrected chi connectivity index (χ0v) is 12.1. The van der Waals surface area contributed by atoms with Gasteiger partial charge in [-0.1, -0.05) is 34.0 Å². The lowest BCUT2D eigenvalue weighted by molar-refractivity contribution is -0.707. The summed E-state index contributed by atoms with van der Waals surface area (Å²) in [7, 11) is 0.800. The molecule has 2 aromatic rings. The number of allylic oxidation sites excluding steroid dienone is 4. The molecule has 3 atom stereocenters. The number of aromatic nitrogens is 2. The summed E-state index contributed by atoms with van der Waals surface area (Å²) in [5.41, 5.74) is 3.80. The van der Waals surface area contributed by atoms with Crippen molar-refractivity contribution in [3.8, 4) is 0 Å². The van der Waals surface area contributed by atoms with Gasteiger partial charge in [0, 0.05) is 0 Å². The summed E-state index contributed by atoms with van der Waals surface area (Å²) < 4.78 is 0.921. The van der Waals surface area contributed by atoms with E-state index in [2.05, 4.69) is 10.2 Å². The Balaban J connectivity index is 1.89. The maximum atomic E-state index is 11.6. The van der Waals surface area contributed by atoms with Gasteiger partial charge in [-0.05, 0) is 23.3 Å². The molecule has 0 radical (unpaired) electrons. The molecular formula is C12H10N4O2P2. The van der Waals surface area contributed by atoms with Gasteiger partial charge in [-0.2, -0.15) is 0 Å². The first-order chi connectivity index (χ1) is 9.72. The number of nitrogens with zero attached hydrogens (tertiary/aromatic N) is 3. The van der Waals surface area contributed by atoms with Crippen molar-refractivity contribution < 1.29 is 10.1 Å². The molecule has 0 saturated heterocycles. The molecule has 0 saturated carbocycles. The van der Waals surface area contributed by atoms with Crippen LogP contribution in [0.1, 0.15) is 5.56 Å². The smallest absolute Gasteiger partial charge is 0.129 e. The maximum Gasteiger partial charge on any atom is 0.129 e. The van der Waals surface area contributed by atoms with Crippen LogP contribution in [0.5, 0.6) is 0 Å². The molecule has 2 N–H and O–H groups in total. The minimum Gasteiger partial charge on any atom is -0.605 e. The molecule has 1 aliphatic heterocycles. The van der Waals surface area contributed by atoms with Gasteiger partial charge in [0.1, 0.15) is 25.6 Å². The van der Waals surface area contributed by atoms with Crippen LogP contribution >= 0.6 is 17.1 Å². The van der Waals surface area contributed by atoms with Crippen molar-refractivity contribution in [3.63, 3.8) is 0 Å². The van der Waals surface area contributed by atoms with Gasteiger partial charge in [-0.15, -0.1) is 5.10 Å². The van der Waals surface area contributed by atoms with Crippen molar-refractivity contribution >= 4 is 39.0 Å². The van der Waals surface area contributed by atoms with Crippen molar-refractivity contribution in [1.82, 2.24) is 9.71 Å². The average Bonchev–Trinajstić information content (AvgIpc) is 2.98. The van der Waals surface area contributed by atoms with E-state index in [1.165, 1.54) is 0 Å². The predicted octanol–water partition coefficient (Wildman–Crippen LogP) is 1.52. The Labute approximate surface area is 117 Å². The van der Waals surface area contributed by atoms with Crippen molar-refractivity contribution in [2.75, 3.05) is 0 Å². The molecule has 2 heterocycles. The van der Waals surface area contributed by atoms with Gasteiger partial charge >= 0.3 is 0 Å². The molecule has 20 heavy (non-hydrogen) atoms. The van der Waals surface area contributed by atoms with Gasteiger partial charge in [0.2, 0.25) is 0 Å². The van der Waals surface area contributed by atoms with Gasteiger partial charge in [-0.3, -0.25) is 0 Å². The first-order valence-electron chi connectivity index (χ1n) is 6.05. The zero-order chi connectivity index (χ0) is 13.7. The third kappa shape index (κ3) is 1.81. The summed E-state index contributed by atoms with van der Waals surface area (Å²) in [5, 5.41) is 30.2. The Morgan fingerprint density at radius 3 is 3.25 bits per heavy atom. The fourth-order valence-corrected chi connectivity index (χ4v) is 4.54. The van der Waals surface area contributed by atoms with Gasteiger partial charge in [0.05, 0.1) is 13.5 Å². The highest BCUT2D eigenvalue weighted by molar-refractivity contribution is 7.35. The minimum atomic E-state index is -0.0407. The standard InChI is InChI=1S/C12H10N4O2P2/c17-15-13-9-5-1-3-7(11(9)19-15)8-4-2-6-10-12(8)20-16(18)14-10/h1-6,11,15,18-19H. The molecule has 0 fully saturated rings. The van der Waals surface area contributed by atoms with Crippen LogP contribution in [0.15, 0.2) is 41.5 Å². The number of nitrogens with one attached hydrogen (secondary N) is 1. The van der Waals surface area contributed by atoms with Crippen LogP contribution < -0.4 is 4.94 Å². The van der Waals surface area contributed by atoms with E-state index in [0.717, 1.165) is 32.1 Å². The van der Waals surface area contributed by atoms with Gasteiger partial charge < -0.3 is 10.4 Å². The molecular weight excluding hydrogens is 294 g/mol. The molecule has 1 aromatic heterocycles. The predicted molar refractivity (Wildman–Crippen MR) is 80.4 cm³/mol. The topological polar surface area (TPSA) is 77.9 Å². The monoisotopic (exact) mass is 304 g/mol. The van der Waals surface area contributed by atoms with Crippen LogP contribution in [-0.4, -0.2) is 26.3 Å². The van der Waals surface area contributed by atoms with E-state index in [0.29, 0.717) is 8.35 Å². The Hall–Kier alpha value is -1.58. The Kier molecular flexibility index (Phi) is 2.72. The third-order valence-corrected chi connectivity index (χ3v) is 5.55. The Bertz CT molecular complexity index is 796. The quantitative estimate of drug-likeness (QED) is 0.476. The molecule has 1 aromatic carbocycles. The number of rotatable bonds is 1. The van der Waals surface area contributed by atoms with E-state index in [-0.39, 0.29) is 19.3 Å². The largest absolute Gasteiger partial charge is 0.605 e. The SMILES string of the molecule is [O-][NH+]1N=C2C=CC=C(c3cccc4nn(O)pc34)C2P1. The van der Waals surface area contributed by atoms with Crippen LogP contribution in [0.4, 0.5) is 0 Å². The van der Waals surface area contributed by atoms with E-state index >= 15 is 0 Å². The summed E-state index contributed by atoms with van der Waals surface area (Å²) >= 11 is 0. The first-order valence-corrected chi connectivity index (χ1v) is 7.98. The number of benzene rings is 1. The summed E-state index contributed by atoms with van der Waals surface area (Å²) in [6, 6.07) is 5.80. The van der Waals surface area contributed by atoms with Gasteiger partial charge in [0.25, 0.3) is 0 Å². The third-order valence-electron chi connectivity index (χ3n) is 3.36. The van der Waals surface area contributed by atoms with Crippen LogP contribution in [0.2, 0.25) is 0 Å². The lowest BCUT2D eigenvalue weighted by Gasteiger charge is -2.17. The second-order valence-corrected chi connectivity index (χ2v) is 6.84. The van der Waals surface area contributed by atoms with Crippen molar-refractivity contribution in [3.05, 3.63) is 47.2 Å². The molecule has 2 aliphatic rings. The molecule has 0 amide bonds. The lowest BCUT2D eigenvalue weighted by Crippen LogP contribution is -2.92. The summed E-state index contributed by atoms with van der Waals surface area (Å²) in [6.07, 6.45) is 5.85. The number of quaternary nitrogens is 1. The second-order valence-electron chi connectivity index (χ2n) is 4.54. The maximum absolute atomic E-state index is 11.6. The average molecular weight is 304 g/mol. The summed E-state index contributed by atoms with van der Waals surface area (Å²) in [5.74, 6) is 0. The molecule has 0 bridgehead atoms. The lowest BCUT2D eigenvalue weighted by atomic mass is 9.95. The fraction of sp³-hybridized carbons (Fsp3) is 0.0833. The highest BCUT2D eigenvalue weighted by Gasteiger charge is 2.33. The normalized spacial score (nSPS) is 26.2. The van der Waals surface area contributed by atoms with E-state index in [4.69, 9.17) is 0 Å². The molecule has 6 nitrogen and oxygen atoms in total. The molecule has 1 aliphatic carbocycles. The Morgan fingerprint density at radius 1 is 1.45 bits per heavy atom. The van der Waals surface area contributed by atoms with Crippen LogP contribution in [0.25, 0.3) is 16.2 Å². The number of fused-ring (bicyclic) bond motifs is 2. The van der Waals surface area contributed by atoms with Crippen LogP contribution in [0.3, 0.4) is 0 Å². The second kappa shape index (κ2) is 4.47. The fourth-order valence-electron chi connectivity index (χ4n) is 2.53. The van der Waals surface area contributed by atoms with E-state index in [1.807, 2.05) is 36.4 Å². The molecule has 4 rings (SSSR count). The number of hydrogen-bond donors (Lipinski definition) is 2. The highest BCUT2D eigenvalue weighted by Crippen LogP contribution is 2.39. The summed E-state index contributed by atoms with van der Waals surface area (Å²) in [6.45, 7) is 0.